The largest absolute Gasteiger partial charge is 0.481 e. The zero-order chi connectivity index (χ0) is 26.4. The zero-order valence-electron chi connectivity index (χ0n) is 20.8. The molecule has 37 heavy (non-hydrogen) atoms. The molecule has 7 nitrogen and oxygen atoms in total. The van der Waals surface area contributed by atoms with E-state index in [9.17, 15) is 14.4 Å². The number of nitrogens with zero attached hydrogens (tertiary/aromatic N) is 1. The van der Waals surface area contributed by atoms with Gasteiger partial charge in [0.05, 0.1) is 13.0 Å². The number of carboxylic acids is 1. The predicted molar refractivity (Wildman–Crippen MR) is 146 cm³/mol. The summed E-state index contributed by atoms with van der Waals surface area (Å²) in [6.07, 6.45) is 1.79. The molecule has 0 aliphatic rings. The summed E-state index contributed by atoms with van der Waals surface area (Å²) in [6.45, 7) is 4.18. The number of rotatable bonds is 8. The molecule has 0 spiro atoms. The minimum Gasteiger partial charge on any atom is -0.481 e. The molecule has 0 saturated heterocycles. The molecule has 0 aliphatic carbocycles. The number of anilines is 2. The number of hydrogen-bond donors (Lipinski definition) is 3. The van der Waals surface area contributed by atoms with Crippen LogP contribution >= 0.6 is 0 Å². The lowest BCUT2D eigenvalue weighted by molar-refractivity contribution is -0.137. The van der Waals surface area contributed by atoms with Crippen molar-refractivity contribution in [2.75, 3.05) is 10.6 Å². The van der Waals surface area contributed by atoms with Crippen LogP contribution in [0, 0.1) is 6.92 Å². The maximum Gasteiger partial charge on any atom is 0.323 e. The van der Waals surface area contributed by atoms with Gasteiger partial charge in [-0.2, -0.15) is 0 Å². The van der Waals surface area contributed by atoms with Crippen molar-refractivity contribution >= 4 is 23.4 Å². The lowest BCUT2D eigenvalue weighted by atomic mass is 9.96. The number of carbonyl (C=O) groups excluding carboxylic acids is 1. The second kappa shape index (κ2) is 11.4. The number of aromatic nitrogens is 1. The number of amides is 2. The number of hydrogen-bond acceptors (Lipinski definition) is 3. The van der Waals surface area contributed by atoms with Crippen molar-refractivity contribution in [3.05, 3.63) is 118 Å². The number of pyridine rings is 1. The smallest absolute Gasteiger partial charge is 0.323 e. The van der Waals surface area contributed by atoms with Gasteiger partial charge in [-0.3, -0.25) is 9.59 Å². The summed E-state index contributed by atoms with van der Waals surface area (Å²) >= 11 is 0. The number of aryl methyl sites for hydroxylation is 1. The highest BCUT2D eigenvalue weighted by atomic mass is 16.4. The minimum absolute atomic E-state index is 0.0529. The van der Waals surface area contributed by atoms with E-state index in [1.165, 1.54) is 0 Å². The number of para-hydroxylation sites is 1. The Morgan fingerprint density at radius 1 is 0.919 bits per heavy atom. The molecule has 1 atom stereocenters. The van der Waals surface area contributed by atoms with Gasteiger partial charge in [-0.15, -0.1) is 0 Å². The molecule has 4 rings (SSSR count). The summed E-state index contributed by atoms with van der Waals surface area (Å²) in [4.78, 5) is 36.7. The van der Waals surface area contributed by atoms with Gasteiger partial charge in [-0.25, -0.2) is 4.79 Å². The number of carbonyl (C=O) groups is 2. The zero-order valence-corrected chi connectivity index (χ0v) is 20.8. The van der Waals surface area contributed by atoms with Gasteiger partial charge in [-0.05, 0) is 65.4 Å². The van der Waals surface area contributed by atoms with Crippen molar-refractivity contribution in [3.8, 4) is 11.1 Å². The monoisotopic (exact) mass is 495 g/mol. The molecule has 0 bridgehead atoms. The molecule has 0 fully saturated rings. The maximum absolute atomic E-state index is 13.2. The van der Waals surface area contributed by atoms with Gasteiger partial charge in [0.15, 0.2) is 0 Å². The van der Waals surface area contributed by atoms with Gasteiger partial charge in [0.2, 0.25) is 0 Å². The molecule has 0 radical (unpaired) electrons. The molecular formula is C30H29N3O4. The third-order valence-corrected chi connectivity index (χ3v) is 6.22. The van der Waals surface area contributed by atoms with E-state index >= 15 is 0 Å². The van der Waals surface area contributed by atoms with Crippen LogP contribution in [0.15, 0.2) is 95.9 Å². The van der Waals surface area contributed by atoms with Crippen molar-refractivity contribution in [2.45, 2.75) is 32.7 Å². The summed E-state index contributed by atoms with van der Waals surface area (Å²) in [6, 6.07) is 25.6. The van der Waals surface area contributed by atoms with Crippen LogP contribution < -0.4 is 16.2 Å². The van der Waals surface area contributed by atoms with Gasteiger partial charge in [0, 0.05) is 23.1 Å². The minimum atomic E-state index is -0.838. The fraction of sp³-hybridized carbons (Fsp3) is 0.167. The van der Waals surface area contributed by atoms with E-state index in [4.69, 9.17) is 5.11 Å². The van der Waals surface area contributed by atoms with Crippen molar-refractivity contribution in [1.82, 2.24) is 4.57 Å². The van der Waals surface area contributed by atoms with Gasteiger partial charge in [0.1, 0.15) is 0 Å². The van der Waals surface area contributed by atoms with Crippen LogP contribution in [-0.2, 0) is 11.3 Å². The van der Waals surface area contributed by atoms with Crippen LogP contribution in [0.5, 0.6) is 0 Å². The third-order valence-electron chi connectivity index (χ3n) is 6.22. The summed E-state index contributed by atoms with van der Waals surface area (Å²) in [5.74, 6) is -0.957. The SMILES string of the molecule is Cc1ccccc1NC(=O)Nc1ccc(-c2cccn(Cc3cccc(C(C)CC(=O)O)c3)c2=O)cc1. The molecule has 1 aromatic heterocycles. The number of nitrogens with one attached hydrogen (secondary N) is 2. The van der Waals surface area contributed by atoms with Crippen molar-refractivity contribution in [1.29, 1.82) is 0 Å². The Balaban J connectivity index is 1.47. The second-order valence-corrected chi connectivity index (χ2v) is 9.07. The number of urea groups is 1. The van der Waals surface area contributed by atoms with E-state index in [0.717, 1.165) is 27.9 Å². The first-order valence-corrected chi connectivity index (χ1v) is 12.0. The average molecular weight is 496 g/mol. The van der Waals surface area contributed by atoms with Crippen LogP contribution in [0.25, 0.3) is 11.1 Å². The normalized spacial score (nSPS) is 11.5. The first kappa shape index (κ1) is 25.4. The molecule has 1 heterocycles. The quantitative estimate of drug-likeness (QED) is 0.275. The molecule has 2 amide bonds. The van der Waals surface area contributed by atoms with Crippen LogP contribution in [-0.4, -0.2) is 21.7 Å². The Morgan fingerprint density at radius 3 is 2.41 bits per heavy atom. The molecule has 0 aliphatic heterocycles. The molecule has 188 valence electrons. The fourth-order valence-corrected chi connectivity index (χ4v) is 4.19. The van der Waals surface area contributed by atoms with Crippen LogP contribution in [0.3, 0.4) is 0 Å². The number of benzene rings is 3. The highest BCUT2D eigenvalue weighted by Gasteiger charge is 2.12. The first-order valence-electron chi connectivity index (χ1n) is 12.0. The molecule has 3 N–H and O–H groups in total. The van der Waals surface area contributed by atoms with Gasteiger partial charge in [-0.1, -0.05) is 61.5 Å². The molecule has 1 unspecified atom stereocenters. The molecular weight excluding hydrogens is 466 g/mol. The first-order chi connectivity index (χ1) is 17.8. The fourth-order valence-electron chi connectivity index (χ4n) is 4.19. The Morgan fingerprint density at radius 2 is 1.68 bits per heavy atom. The van der Waals surface area contributed by atoms with Crippen LogP contribution in [0.4, 0.5) is 16.2 Å². The highest BCUT2D eigenvalue weighted by Crippen LogP contribution is 2.22. The Bertz CT molecular complexity index is 1470. The van der Waals surface area contributed by atoms with E-state index in [2.05, 4.69) is 10.6 Å². The van der Waals surface area contributed by atoms with Crippen LogP contribution in [0.2, 0.25) is 0 Å². The second-order valence-electron chi connectivity index (χ2n) is 9.07. The molecule has 3 aromatic carbocycles. The summed E-state index contributed by atoms with van der Waals surface area (Å²) < 4.78 is 1.64. The number of carboxylic acid groups (broad SMARTS) is 1. The Hall–Kier alpha value is -4.65. The molecule has 0 saturated carbocycles. The summed E-state index contributed by atoms with van der Waals surface area (Å²) in [5.41, 5.74) is 5.33. The van der Waals surface area contributed by atoms with E-state index in [1.807, 2.05) is 68.4 Å². The summed E-state index contributed by atoms with van der Waals surface area (Å²) in [5, 5.41) is 14.7. The Labute approximate surface area is 215 Å². The van der Waals surface area contributed by atoms with Gasteiger partial charge < -0.3 is 20.3 Å². The van der Waals surface area contributed by atoms with E-state index < -0.39 is 5.97 Å². The summed E-state index contributed by atoms with van der Waals surface area (Å²) in [7, 11) is 0. The van der Waals surface area contributed by atoms with Crippen molar-refractivity contribution in [3.63, 3.8) is 0 Å². The lowest BCUT2D eigenvalue weighted by Crippen LogP contribution is -2.21. The molecule has 4 aromatic rings. The highest BCUT2D eigenvalue weighted by molar-refractivity contribution is 6.00. The predicted octanol–water partition coefficient (Wildman–Crippen LogP) is 6.09. The molecule has 7 heteroatoms. The maximum atomic E-state index is 13.2. The van der Waals surface area contributed by atoms with Crippen molar-refractivity contribution in [2.24, 2.45) is 0 Å². The average Bonchev–Trinajstić information content (AvgIpc) is 2.87. The van der Waals surface area contributed by atoms with E-state index in [0.29, 0.717) is 17.8 Å². The number of aliphatic carboxylic acids is 1. The van der Waals surface area contributed by atoms with Gasteiger partial charge in [0.25, 0.3) is 5.56 Å². The van der Waals surface area contributed by atoms with E-state index in [1.54, 1.807) is 41.1 Å². The van der Waals surface area contributed by atoms with E-state index in [-0.39, 0.29) is 23.9 Å². The topological polar surface area (TPSA) is 100 Å². The van der Waals surface area contributed by atoms with Crippen LogP contribution in [0.1, 0.15) is 36.0 Å². The lowest BCUT2D eigenvalue weighted by Gasteiger charge is -2.13. The third kappa shape index (κ3) is 6.52. The van der Waals surface area contributed by atoms with Crippen molar-refractivity contribution < 1.29 is 14.7 Å². The Kier molecular flexibility index (Phi) is 7.83. The van der Waals surface area contributed by atoms with Gasteiger partial charge >= 0.3 is 12.0 Å². The standard InChI is InChI=1S/C30H29N3O4/c1-20-7-3-4-11-27(20)32-30(37)31-25-14-12-23(13-15-25)26-10-6-16-33(29(26)36)19-22-8-5-9-24(18-22)21(2)17-28(34)35/h3-16,18,21H,17,19H2,1-2H3,(H,34,35)(H2,31,32,37).